The van der Waals surface area contributed by atoms with Crippen molar-refractivity contribution in [3.8, 4) is 0 Å². The summed E-state index contributed by atoms with van der Waals surface area (Å²) in [5.74, 6) is 0.464. The van der Waals surface area contributed by atoms with Gasteiger partial charge < -0.3 is 10.2 Å². The van der Waals surface area contributed by atoms with E-state index in [9.17, 15) is 14.9 Å². The Hall–Kier alpha value is -2.25. The summed E-state index contributed by atoms with van der Waals surface area (Å²) in [6, 6.07) is 0.0779. The summed E-state index contributed by atoms with van der Waals surface area (Å²) < 4.78 is 0. The van der Waals surface area contributed by atoms with E-state index < -0.39 is 4.92 Å². The molecule has 2 heterocycles. The molecule has 1 unspecified atom stereocenters. The Kier molecular flexibility index (Phi) is 3.35. The number of carbonyl (C=O) groups is 1. The van der Waals surface area contributed by atoms with E-state index in [2.05, 4.69) is 15.3 Å². The largest absolute Gasteiger partial charge is 0.350 e. The lowest BCUT2D eigenvalue weighted by atomic mass is 10.1. The highest BCUT2D eigenvalue weighted by Gasteiger charge is 2.23. The maximum Gasteiger partial charge on any atom is 0.305 e. The minimum absolute atomic E-state index is 0.0779. The minimum Gasteiger partial charge on any atom is -0.350 e. The molecule has 0 radical (unpaired) electrons. The van der Waals surface area contributed by atoms with Gasteiger partial charge in [0, 0.05) is 26.1 Å². The van der Waals surface area contributed by atoms with E-state index in [0.29, 0.717) is 25.3 Å². The molecule has 0 saturated carbocycles. The first-order valence-electron chi connectivity index (χ1n) is 5.53. The Labute approximate surface area is 103 Å². The van der Waals surface area contributed by atoms with Gasteiger partial charge >= 0.3 is 5.69 Å². The molecule has 0 aliphatic carbocycles. The second kappa shape index (κ2) is 4.94. The molecule has 0 spiro atoms. The van der Waals surface area contributed by atoms with E-state index in [4.69, 9.17) is 0 Å². The van der Waals surface area contributed by atoms with E-state index in [0.717, 1.165) is 12.4 Å². The second-order valence-corrected chi connectivity index (χ2v) is 4.18. The fourth-order valence-electron chi connectivity index (χ4n) is 1.80. The van der Waals surface area contributed by atoms with Crippen molar-refractivity contribution in [2.45, 2.75) is 18.9 Å². The lowest BCUT2D eigenvalue weighted by Gasteiger charge is -2.29. The molecule has 2 rings (SSSR count). The molecule has 1 aromatic rings. The zero-order valence-electron chi connectivity index (χ0n) is 9.87. The Morgan fingerprint density at radius 1 is 1.50 bits per heavy atom. The number of nitrogens with one attached hydrogen (secondary N) is 1. The van der Waals surface area contributed by atoms with Crippen molar-refractivity contribution in [1.29, 1.82) is 0 Å². The number of nitro groups is 1. The average Bonchev–Trinajstić information content (AvgIpc) is 2.34. The standard InChI is InChI=1S/C10H13N5O3/c1-14-6-7(2-3-9(14)16)13-10-11-4-8(5-12-10)15(17)18/h4-5,7H,2-3,6H2,1H3,(H,11,12,13). The van der Waals surface area contributed by atoms with Crippen LogP contribution in [0, 0.1) is 10.1 Å². The summed E-state index contributed by atoms with van der Waals surface area (Å²) in [7, 11) is 1.74. The van der Waals surface area contributed by atoms with Crippen LogP contribution in [-0.2, 0) is 4.79 Å². The van der Waals surface area contributed by atoms with Crippen molar-refractivity contribution in [2.75, 3.05) is 18.9 Å². The highest BCUT2D eigenvalue weighted by atomic mass is 16.6. The number of amides is 1. The molecule has 18 heavy (non-hydrogen) atoms. The van der Waals surface area contributed by atoms with Crippen LogP contribution in [0.5, 0.6) is 0 Å². The van der Waals surface area contributed by atoms with E-state index >= 15 is 0 Å². The maximum absolute atomic E-state index is 11.3. The molecule has 96 valence electrons. The third-order valence-corrected chi connectivity index (χ3v) is 2.81. The van der Waals surface area contributed by atoms with Crippen LogP contribution in [0.15, 0.2) is 12.4 Å². The summed E-state index contributed by atoms with van der Waals surface area (Å²) in [5, 5.41) is 13.5. The molecule has 1 aliphatic heterocycles. The summed E-state index contributed by atoms with van der Waals surface area (Å²) in [4.78, 5) is 30.6. The van der Waals surface area contributed by atoms with Gasteiger partial charge in [0.15, 0.2) is 0 Å². The van der Waals surface area contributed by atoms with E-state index in [1.54, 1.807) is 11.9 Å². The molecular formula is C10H13N5O3. The molecular weight excluding hydrogens is 238 g/mol. The maximum atomic E-state index is 11.3. The summed E-state index contributed by atoms with van der Waals surface area (Å²) >= 11 is 0. The fraction of sp³-hybridized carbons (Fsp3) is 0.500. The van der Waals surface area contributed by atoms with Crippen LogP contribution in [0.2, 0.25) is 0 Å². The first kappa shape index (κ1) is 12.2. The number of likely N-dealkylation sites (tertiary alicyclic amines) is 1. The van der Waals surface area contributed by atoms with Crippen LogP contribution in [0.3, 0.4) is 0 Å². The minimum atomic E-state index is -0.545. The molecule has 0 aromatic carbocycles. The lowest BCUT2D eigenvalue weighted by Crippen LogP contribution is -2.43. The van der Waals surface area contributed by atoms with Crippen molar-refractivity contribution >= 4 is 17.5 Å². The predicted molar refractivity (Wildman–Crippen MR) is 63.0 cm³/mol. The number of piperidine rings is 1. The number of rotatable bonds is 3. The van der Waals surface area contributed by atoms with E-state index in [-0.39, 0.29) is 17.6 Å². The number of hydrogen-bond acceptors (Lipinski definition) is 6. The molecule has 1 fully saturated rings. The lowest BCUT2D eigenvalue weighted by molar-refractivity contribution is -0.385. The number of likely N-dealkylation sites (N-methyl/N-ethyl adjacent to an activating group) is 1. The van der Waals surface area contributed by atoms with Gasteiger partial charge in [0.1, 0.15) is 12.4 Å². The third kappa shape index (κ3) is 2.70. The van der Waals surface area contributed by atoms with Crippen LogP contribution in [0.1, 0.15) is 12.8 Å². The van der Waals surface area contributed by atoms with E-state index in [1.807, 2.05) is 0 Å². The molecule has 8 heteroatoms. The fourth-order valence-corrected chi connectivity index (χ4v) is 1.80. The zero-order valence-corrected chi connectivity index (χ0v) is 9.87. The van der Waals surface area contributed by atoms with Gasteiger partial charge in [0.2, 0.25) is 11.9 Å². The average molecular weight is 251 g/mol. The molecule has 1 aromatic heterocycles. The third-order valence-electron chi connectivity index (χ3n) is 2.81. The molecule has 1 atom stereocenters. The number of carbonyl (C=O) groups excluding carboxylic acids is 1. The number of aromatic nitrogens is 2. The van der Waals surface area contributed by atoms with Crippen molar-refractivity contribution in [1.82, 2.24) is 14.9 Å². The van der Waals surface area contributed by atoms with Gasteiger partial charge in [0.05, 0.1) is 4.92 Å². The molecule has 1 aliphatic rings. The summed E-state index contributed by atoms with van der Waals surface area (Å²) in [6.07, 6.45) is 3.52. The van der Waals surface area contributed by atoms with Crippen LogP contribution in [0.25, 0.3) is 0 Å². The highest BCUT2D eigenvalue weighted by molar-refractivity contribution is 5.76. The SMILES string of the molecule is CN1CC(Nc2ncc([N+](=O)[O-])cn2)CCC1=O. The van der Waals surface area contributed by atoms with Gasteiger partial charge in [-0.2, -0.15) is 0 Å². The Morgan fingerprint density at radius 2 is 2.17 bits per heavy atom. The monoisotopic (exact) mass is 251 g/mol. The predicted octanol–water partition coefficient (Wildman–Crippen LogP) is 0.417. The quantitative estimate of drug-likeness (QED) is 0.617. The van der Waals surface area contributed by atoms with E-state index in [1.165, 1.54) is 0 Å². The number of nitrogens with zero attached hydrogens (tertiary/aromatic N) is 4. The topological polar surface area (TPSA) is 101 Å². The van der Waals surface area contributed by atoms with Crippen LogP contribution >= 0.6 is 0 Å². The summed E-state index contributed by atoms with van der Waals surface area (Å²) in [6.45, 7) is 0.583. The van der Waals surface area contributed by atoms with Gasteiger partial charge in [-0.1, -0.05) is 0 Å². The molecule has 1 saturated heterocycles. The highest BCUT2D eigenvalue weighted by Crippen LogP contribution is 2.14. The Morgan fingerprint density at radius 3 is 2.72 bits per heavy atom. The van der Waals surface area contributed by atoms with Crippen molar-refractivity contribution < 1.29 is 9.72 Å². The van der Waals surface area contributed by atoms with Gasteiger partial charge in [0.25, 0.3) is 0 Å². The summed E-state index contributed by atoms with van der Waals surface area (Å²) in [5.41, 5.74) is -0.142. The molecule has 0 bridgehead atoms. The van der Waals surface area contributed by atoms with Gasteiger partial charge in [-0.25, -0.2) is 9.97 Å². The van der Waals surface area contributed by atoms with Crippen molar-refractivity contribution in [3.63, 3.8) is 0 Å². The smallest absolute Gasteiger partial charge is 0.305 e. The van der Waals surface area contributed by atoms with Gasteiger partial charge in [-0.3, -0.25) is 14.9 Å². The van der Waals surface area contributed by atoms with Crippen LogP contribution < -0.4 is 5.32 Å². The van der Waals surface area contributed by atoms with Gasteiger partial charge in [-0.15, -0.1) is 0 Å². The van der Waals surface area contributed by atoms with Gasteiger partial charge in [-0.05, 0) is 6.42 Å². The normalized spacial score (nSPS) is 19.7. The first-order valence-corrected chi connectivity index (χ1v) is 5.53. The van der Waals surface area contributed by atoms with Crippen LogP contribution in [0.4, 0.5) is 11.6 Å². The molecule has 8 nitrogen and oxygen atoms in total. The second-order valence-electron chi connectivity index (χ2n) is 4.18. The molecule has 1 amide bonds. The zero-order chi connectivity index (χ0) is 13.1. The number of hydrogen-bond donors (Lipinski definition) is 1. The Bertz CT molecular complexity index is 461. The number of anilines is 1. The Balaban J connectivity index is 1.97. The first-order chi connectivity index (χ1) is 8.56. The van der Waals surface area contributed by atoms with Crippen LogP contribution in [-0.4, -0.2) is 45.3 Å². The molecule has 1 N–H and O–H groups in total. The van der Waals surface area contributed by atoms with Crippen molar-refractivity contribution in [3.05, 3.63) is 22.5 Å². The van der Waals surface area contributed by atoms with Crippen molar-refractivity contribution in [2.24, 2.45) is 0 Å².